The molecule has 122 valence electrons. The maximum atomic E-state index is 12.8. The zero-order valence-electron chi connectivity index (χ0n) is 12.7. The van der Waals surface area contributed by atoms with Crippen molar-refractivity contribution in [3.63, 3.8) is 0 Å². The van der Waals surface area contributed by atoms with Gasteiger partial charge >= 0.3 is 6.03 Å². The number of aliphatic hydroxyl groups excluding tert-OH is 1. The van der Waals surface area contributed by atoms with Gasteiger partial charge in [0.1, 0.15) is 5.82 Å². The summed E-state index contributed by atoms with van der Waals surface area (Å²) in [5.41, 5.74) is 0.564. The Balaban J connectivity index is 1.78. The van der Waals surface area contributed by atoms with E-state index in [1.165, 1.54) is 24.3 Å². The van der Waals surface area contributed by atoms with Gasteiger partial charge in [0, 0.05) is 13.7 Å². The molecule has 3 atom stereocenters. The summed E-state index contributed by atoms with van der Waals surface area (Å²) in [4.78, 5) is 11.9. The molecule has 1 fully saturated rings. The van der Waals surface area contributed by atoms with Gasteiger partial charge in [-0.25, -0.2) is 9.18 Å². The molecule has 22 heavy (non-hydrogen) atoms. The van der Waals surface area contributed by atoms with Gasteiger partial charge in [-0.15, -0.1) is 0 Å². The maximum Gasteiger partial charge on any atom is 0.315 e. The van der Waals surface area contributed by atoms with Crippen LogP contribution in [0.15, 0.2) is 24.3 Å². The predicted molar refractivity (Wildman–Crippen MR) is 80.9 cm³/mol. The van der Waals surface area contributed by atoms with Crippen LogP contribution >= 0.6 is 0 Å². The van der Waals surface area contributed by atoms with Crippen LogP contribution < -0.4 is 10.6 Å². The first kappa shape index (κ1) is 16.7. The monoisotopic (exact) mass is 310 g/mol. The van der Waals surface area contributed by atoms with Crippen molar-refractivity contribution in [2.24, 2.45) is 0 Å². The number of rotatable bonds is 5. The van der Waals surface area contributed by atoms with Crippen LogP contribution in [0.25, 0.3) is 0 Å². The molecule has 1 aromatic rings. The standard InChI is InChI=1S/C16H23FN2O3/c1-22-15-5-3-2-4-13(15)19-16(21)18-10-14(20)11-6-8-12(17)9-7-11/h6-9,13-15,20H,2-5,10H2,1H3,(H2,18,19,21). The zero-order valence-corrected chi connectivity index (χ0v) is 12.7. The molecule has 0 saturated heterocycles. The molecule has 2 rings (SSSR count). The first-order valence-electron chi connectivity index (χ1n) is 7.61. The molecular weight excluding hydrogens is 287 g/mol. The van der Waals surface area contributed by atoms with Crippen molar-refractivity contribution in [2.45, 2.75) is 43.9 Å². The normalized spacial score (nSPS) is 22.9. The van der Waals surface area contributed by atoms with E-state index in [0.717, 1.165) is 25.7 Å². The third-order valence-corrected chi connectivity index (χ3v) is 4.03. The predicted octanol–water partition coefficient (Wildman–Crippen LogP) is 2.12. The topological polar surface area (TPSA) is 70.6 Å². The molecule has 1 aromatic carbocycles. The first-order chi connectivity index (χ1) is 10.6. The molecular formula is C16H23FN2O3. The van der Waals surface area contributed by atoms with Gasteiger partial charge in [-0.1, -0.05) is 25.0 Å². The molecule has 1 aliphatic rings. The van der Waals surface area contributed by atoms with E-state index in [1.54, 1.807) is 7.11 Å². The van der Waals surface area contributed by atoms with E-state index in [4.69, 9.17) is 4.74 Å². The molecule has 0 aliphatic heterocycles. The van der Waals surface area contributed by atoms with Crippen molar-refractivity contribution in [1.29, 1.82) is 0 Å². The van der Waals surface area contributed by atoms with Crippen LogP contribution in [-0.2, 0) is 4.74 Å². The van der Waals surface area contributed by atoms with Crippen molar-refractivity contribution in [3.05, 3.63) is 35.6 Å². The van der Waals surface area contributed by atoms with Gasteiger partial charge in [-0.2, -0.15) is 0 Å². The largest absolute Gasteiger partial charge is 0.387 e. The number of halogens is 1. The molecule has 0 aromatic heterocycles. The van der Waals surface area contributed by atoms with Crippen molar-refractivity contribution < 1.29 is 19.0 Å². The Morgan fingerprint density at radius 2 is 2.05 bits per heavy atom. The molecule has 2 amide bonds. The molecule has 0 radical (unpaired) electrons. The van der Waals surface area contributed by atoms with Gasteiger partial charge in [0.25, 0.3) is 0 Å². The second-order valence-corrected chi connectivity index (χ2v) is 5.59. The van der Waals surface area contributed by atoms with Gasteiger partial charge < -0.3 is 20.5 Å². The second kappa shape index (κ2) is 8.10. The molecule has 1 aliphatic carbocycles. The van der Waals surface area contributed by atoms with Crippen molar-refractivity contribution in [3.8, 4) is 0 Å². The SMILES string of the molecule is COC1CCCCC1NC(=O)NCC(O)c1ccc(F)cc1. The molecule has 0 bridgehead atoms. The van der Waals surface area contributed by atoms with E-state index < -0.39 is 6.10 Å². The summed E-state index contributed by atoms with van der Waals surface area (Å²) < 4.78 is 18.2. The van der Waals surface area contributed by atoms with Gasteiger partial charge in [0.05, 0.1) is 18.2 Å². The highest BCUT2D eigenvalue weighted by Gasteiger charge is 2.26. The number of amides is 2. The van der Waals surface area contributed by atoms with E-state index in [0.29, 0.717) is 5.56 Å². The number of aliphatic hydroxyl groups is 1. The molecule has 3 N–H and O–H groups in total. The van der Waals surface area contributed by atoms with Crippen LogP contribution in [0.4, 0.5) is 9.18 Å². The summed E-state index contributed by atoms with van der Waals surface area (Å²) in [5, 5.41) is 15.5. The average molecular weight is 310 g/mol. The summed E-state index contributed by atoms with van der Waals surface area (Å²) >= 11 is 0. The number of hydrogen-bond donors (Lipinski definition) is 3. The minimum atomic E-state index is -0.865. The third-order valence-electron chi connectivity index (χ3n) is 4.03. The fraction of sp³-hybridized carbons (Fsp3) is 0.562. The fourth-order valence-electron chi connectivity index (χ4n) is 2.76. The number of carbonyl (C=O) groups excluding carboxylic acids is 1. The maximum absolute atomic E-state index is 12.8. The van der Waals surface area contributed by atoms with E-state index in [1.807, 2.05) is 0 Å². The zero-order chi connectivity index (χ0) is 15.9. The Morgan fingerprint density at radius 1 is 1.36 bits per heavy atom. The lowest BCUT2D eigenvalue weighted by atomic mass is 9.92. The van der Waals surface area contributed by atoms with Crippen molar-refractivity contribution >= 4 is 6.03 Å². The van der Waals surface area contributed by atoms with E-state index in [-0.39, 0.29) is 30.5 Å². The molecule has 0 spiro atoms. The molecule has 3 unspecified atom stereocenters. The summed E-state index contributed by atoms with van der Waals surface area (Å²) in [6.07, 6.45) is 3.20. The van der Waals surface area contributed by atoms with Crippen LogP contribution in [0.1, 0.15) is 37.4 Å². The van der Waals surface area contributed by atoms with E-state index in [2.05, 4.69) is 10.6 Å². The Labute approximate surface area is 129 Å². The fourth-order valence-corrected chi connectivity index (χ4v) is 2.76. The summed E-state index contributed by atoms with van der Waals surface area (Å²) in [5.74, 6) is -0.357. The smallest absolute Gasteiger partial charge is 0.315 e. The van der Waals surface area contributed by atoms with Crippen LogP contribution in [0.5, 0.6) is 0 Å². The molecule has 0 heterocycles. The summed E-state index contributed by atoms with van der Waals surface area (Å²) in [6, 6.07) is 5.24. The summed E-state index contributed by atoms with van der Waals surface area (Å²) in [6.45, 7) is 0.0713. The number of urea groups is 1. The minimum absolute atomic E-state index is 0.00159. The van der Waals surface area contributed by atoms with Crippen LogP contribution in [-0.4, -0.2) is 36.9 Å². The average Bonchev–Trinajstić information content (AvgIpc) is 2.54. The van der Waals surface area contributed by atoms with Gasteiger partial charge in [-0.3, -0.25) is 0 Å². The van der Waals surface area contributed by atoms with Gasteiger partial charge in [0.2, 0.25) is 0 Å². The molecule has 1 saturated carbocycles. The number of ether oxygens (including phenoxy) is 1. The number of nitrogens with one attached hydrogen (secondary N) is 2. The van der Waals surface area contributed by atoms with Gasteiger partial charge in [-0.05, 0) is 30.5 Å². The number of benzene rings is 1. The highest BCUT2D eigenvalue weighted by molar-refractivity contribution is 5.74. The van der Waals surface area contributed by atoms with E-state index >= 15 is 0 Å². The lowest BCUT2D eigenvalue weighted by Crippen LogP contribution is -2.50. The quantitative estimate of drug-likeness (QED) is 0.780. The molecule has 6 heteroatoms. The van der Waals surface area contributed by atoms with Crippen LogP contribution in [0, 0.1) is 5.82 Å². The minimum Gasteiger partial charge on any atom is -0.387 e. The van der Waals surface area contributed by atoms with Crippen molar-refractivity contribution in [2.75, 3.05) is 13.7 Å². The Bertz CT molecular complexity index is 481. The molecule has 5 nitrogen and oxygen atoms in total. The Hall–Kier alpha value is -1.66. The third kappa shape index (κ3) is 4.68. The number of carbonyl (C=O) groups is 1. The number of methoxy groups -OCH3 is 1. The summed E-state index contributed by atoms with van der Waals surface area (Å²) in [7, 11) is 1.65. The lowest BCUT2D eigenvalue weighted by Gasteiger charge is -2.31. The highest BCUT2D eigenvalue weighted by atomic mass is 19.1. The second-order valence-electron chi connectivity index (χ2n) is 5.59. The van der Waals surface area contributed by atoms with Crippen molar-refractivity contribution in [1.82, 2.24) is 10.6 Å². The highest BCUT2D eigenvalue weighted by Crippen LogP contribution is 2.20. The van der Waals surface area contributed by atoms with E-state index in [9.17, 15) is 14.3 Å². The number of hydrogen-bond acceptors (Lipinski definition) is 3. The Morgan fingerprint density at radius 3 is 2.73 bits per heavy atom. The van der Waals surface area contributed by atoms with Crippen LogP contribution in [0.3, 0.4) is 0 Å². The van der Waals surface area contributed by atoms with Gasteiger partial charge in [0.15, 0.2) is 0 Å². The lowest BCUT2D eigenvalue weighted by molar-refractivity contribution is 0.0450. The first-order valence-corrected chi connectivity index (χ1v) is 7.61. The Kier molecular flexibility index (Phi) is 6.15. The van der Waals surface area contributed by atoms with Crippen LogP contribution in [0.2, 0.25) is 0 Å².